The number of rotatable bonds is 2. The molecule has 0 atom stereocenters. The van der Waals surface area contributed by atoms with Crippen LogP contribution in [0.1, 0.15) is 16.1 Å². The lowest BCUT2D eigenvalue weighted by molar-refractivity contribution is 0.101. The minimum atomic E-state index is -0.339. The molecule has 0 aliphatic carbocycles. The molecule has 0 spiro atoms. The Morgan fingerprint density at radius 2 is 2.28 bits per heavy atom. The normalized spacial score (nSPS) is 9.83. The molecule has 5 nitrogen and oxygen atoms in total. The van der Waals surface area contributed by atoms with Gasteiger partial charge in [-0.25, -0.2) is 0 Å². The van der Waals surface area contributed by atoms with Gasteiger partial charge in [0.1, 0.15) is 11.8 Å². The van der Waals surface area contributed by atoms with Crippen LogP contribution in [0, 0.1) is 11.3 Å². The van der Waals surface area contributed by atoms with E-state index in [1.54, 1.807) is 25.2 Å². The van der Waals surface area contributed by atoms with Crippen LogP contribution in [0.2, 0.25) is 5.02 Å². The van der Waals surface area contributed by atoms with Crippen molar-refractivity contribution in [3.8, 4) is 6.07 Å². The maximum absolute atomic E-state index is 12.0. The zero-order valence-corrected chi connectivity index (χ0v) is 10.3. The quantitative estimate of drug-likeness (QED) is 0.900. The van der Waals surface area contributed by atoms with E-state index in [1.807, 2.05) is 6.07 Å². The first-order valence-corrected chi connectivity index (χ1v) is 5.48. The smallest absolute Gasteiger partial charge is 0.273 e. The van der Waals surface area contributed by atoms with Gasteiger partial charge < -0.3 is 5.32 Å². The van der Waals surface area contributed by atoms with Crippen LogP contribution in [0.25, 0.3) is 0 Å². The molecule has 6 heteroatoms. The van der Waals surface area contributed by atoms with Crippen molar-refractivity contribution >= 4 is 23.2 Å². The van der Waals surface area contributed by atoms with E-state index in [2.05, 4.69) is 10.4 Å². The summed E-state index contributed by atoms with van der Waals surface area (Å²) in [5, 5.41) is 15.9. The number of nitrogens with one attached hydrogen (secondary N) is 1. The van der Waals surface area contributed by atoms with Crippen LogP contribution >= 0.6 is 11.6 Å². The van der Waals surface area contributed by atoms with Gasteiger partial charge in [0.2, 0.25) is 0 Å². The van der Waals surface area contributed by atoms with E-state index in [0.717, 1.165) is 0 Å². The third kappa shape index (κ3) is 2.34. The molecular weight excluding hydrogens is 252 g/mol. The first-order chi connectivity index (χ1) is 8.61. The molecule has 0 aliphatic rings. The van der Waals surface area contributed by atoms with E-state index in [0.29, 0.717) is 22.0 Å². The first kappa shape index (κ1) is 12.1. The minimum absolute atomic E-state index is 0.339. The molecular formula is C12H9ClN4O. The molecule has 1 heterocycles. The van der Waals surface area contributed by atoms with Crippen molar-refractivity contribution in [2.75, 3.05) is 5.32 Å². The van der Waals surface area contributed by atoms with E-state index < -0.39 is 0 Å². The van der Waals surface area contributed by atoms with Gasteiger partial charge in [0, 0.05) is 18.3 Å². The van der Waals surface area contributed by atoms with Crippen molar-refractivity contribution in [1.29, 1.82) is 5.26 Å². The van der Waals surface area contributed by atoms with E-state index in [9.17, 15) is 4.79 Å². The van der Waals surface area contributed by atoms with E-state index in [4.69, 9.17) is 16.9 Å². The average Bonchev–Trinajstić information content (AvgIpc) is 2.76. The minimum Gasteiger partial charge on any atom is -0.319 e. The number of carbonyl (C=O) groups is 1. The summed E-state index contributed by atoms with van der Waals surface area (Å²) < 4.78 is 1.45. The van der Waals surface area contributed by atoms with E-state index in [-0.39, 0.29) is 5.91 Å². The van der Waals surface area contributed by atoms with Gasteiger partial charge in [-0.15, -0.1) is 0 Å². The van der Waals surface area contributed by atoms with Crippen LogP contribution in [0.4, 0.5) is 5.69 Å². The highest BCUT2D eigenvalue weighted by atomic mass is 35.5. The number of benzene rings is 1. The Bertz CT molecular complexity index is 642. The van der Waals surface area contributed by atoms with Crippen LogP contribution in [0.15, 0.2) is 30.5 Å². The van der Waals surface area contributed by atoms with Crippen LogP contribution in [-0.2, 0) is 7.05 Å². The summed E-state index contributed by atoms with van der Waals surface area (Å²) in [4.78, 5) is 12.0. The average molecular weight is 261 g/mol. The second kappa shape index (κ2) is 4.90. The van der Waals surface area contributed by atoms with Gasteiger partial charge in [-0.1, -0.05) is 11.6 Å². The number of carbonyl (C=O) groups excluding carboxylic acids is 1. The first-order valence-electron chi connectivity index (χ1n) is 5.11. The fourth-order valence-corrected chi connectivity index (χ4v) is 1.67. The number of aromatic nitrogens is 2. The van der Waals surface area contributed by atoms with Crippen molar-refractivity contribution in [2.45, 2.75) is 0 Å². The third-order valence-corrected chi connectivity index (χ3v) is 2.64. The molecule has 0 bridgehead atoms. The number of hydrogen-bond donors (Lipinski definition) is 1. The summed E-state index contributed by atoms with van der Waals surface area (Å²) in [7, 11) is 1.66. The largest absolute Gasteiger partial charge is 0.319 e. The van der Waals surface area contributed by atoms with Crippen molar-refractivity contribution in [3.63, 3.8) is 0 Å². The number of amides is 1. The Hall–Kier alpha value is -2.32. The predicted octanol–water partition coefficient (Wildman–Crippen LogP) is 2.20. The summed E-state index contributed by atoms with van der Waals surface area (Å²) in [5.74, 6) is -0.339. The SMILES string of the molecule is Cn1nccc1C(=O)Nc1cc(Cl)ccc1C#N. The van der Waals surface area contributed by atoms with Gasteiger partial charge in [0.15, 0.2) is 0 Å². The Labute approximate surface area is 109 Å². The molecule has 1 N–H and O–H groups in total. The predicted molar refractivity (Wildman–Crippen MR) is 67.3 cm³/mol. The number of hydrogen-bond acceptors (Lipinski definition) is 3. The summed E-state index contributed by atoms with van der Waals surface area (Å²) in [6, 6.07) is 8.27. The Kier molecular flexibility index (Phi) is 3.31. The molecule has 18 heavy (non-hydrogen) atoms. The second-order valence-electron chi connectivity index (χ2n) is 3.60. The molecule has 2 rings (SSSR count). The van der Waals surface area contributed by atoms with Gasteiger partial charge >= 0.3 is 0 Å². The molecule has 0 saturated carbocycles. The lowest BCUT2D eigenvalue weighted by atomic mass is 10.2. The highest BCUT2D eigenvalue weighted by molar-refractivity contribution is 6.31. The summed E-state index contributed by atoms with van der Waals surface area (Å²) in [6.07, 6.45) is 1.53. The zero-order chi connectivity index (χ0) is 13.1. The van der Waals surface area contributed by atoms with Crippen LogP contribution in [0.5, 0.6) is 0 Å². The summed E-state index contributed by atoms with van der Waals surface area (Å²) >= 11 is 5.84. The Morgan fingerprint density at radius 3 is 2.89 bits per heavy atom. The van der Waals surface area contributed by atoms with Gasteiger partial charge in [0.05, 0.1) is 11.3 Å². The molecule has 0 saturated heterocycles. The third-order valence-electron chi connectivity index (χ3n) is 2.40. The van der Waals surface area contributed by atoms with Crippen molar-refractivity contribution in [3.05, 3.63) is 46.7 Å². The number of nitrogens with zero attached hydrogens (tertiary/aromatic N) is 3. The van der Waals surface area contributed by atoms with E-state index in [1.165, 1.54) is 16.9 Å². The second-order valence-corrected chi connectivity index (χ2v) is 4.03. The standard InChI is InChI=1S/C12H9ClN4O/c1-17-11(4-5-15-17)12(18)16-10-6-9(13)3-2-8(10)7-14/h2-6H,1H3,(H,16,18). The van der Waals surface area contributed by atoms with Crippen molar-refractivity contribution < 1.29 is 4.79 Å². The zero-order valence-electron chi connectivity index (χ0n) is 9.51. The van der Waals surface area contributed by atoms with Crippen LogP contribution < -0.4 is 5.32 Å². The lowest BCUT2D eigenvalue weighted by Gasteiger charge is -2.07. The number of nitriles is 1. The van der Waals surface area contributed by atoms with Gasteiger partial charge in [-0.2, -0.15) is 10.4 Å². The molecule has 1 amide bonds. The maximum atomic E-state index is 12.0. The van der Waals surface area contributed by atoms with Crippen LogP contribution in [-0.4, -0.2) is 15.7 Å². The van der Waals surface area contributed by atoms with Crippen LogP contribution in [0.3, 0.4) is 0 Å². The van der Waals surface area contributed by atoms with E-state index >= 15 is 0 Å². The summed E-state index contributed by atoms with van der Waals surface area (Å²) in [6.45, 7) is 0. The molecule has 0 fully saturated rings. The number of halogens is 1. The van der Waals surface area contributed by atoms with Gasteiger partial charge in [-0.3, -0.25) is 9.48 Å². The maximum Gasteiger partial charge on any atom is 0.273 e. The lowest BCUT2D eigenvalue weighted by Crippen LogP contribution is -2.16. The topological polar surface area (TPSA) is 70.7 Å². The van der Waals surface area contributed by atoms with Gasteiger partial charge in [0.25, 0.3) is 5.91 Å². The fraction of sp³-hybridized carbons (Fsp3) is 0.0833. The fourth-order valence-electron chi connectivity index (χ4n) is 1.50. The Morgan fingerprint density at radius 1 is 1.50 bits per heavy atom. The van der Waals surface area contributed by atoms with Crippen molar-refractivity contribution in [2.24, 2.45) is 7.05 Å². The van der Waals surface area contributed by atoms with Gasteiger partial charge in [-0.05, 0) is 24.3 Å². The highest BCUT2D eigenvalue weighted by Gasteiger charge is 2.12. The molecule has 0 radical (unpaired) electrons. The molecule has 1 aromatic carbocycles. The number of anilines is 1. The monoisotopic (exact) mass is 260 g/mol. The molecule has 1 aromatic heterocycles. The Balaban J connectivity index is 2.30. The summed E-state index contributed by atoms with van der Waals surface area (Å²) in [5.41, 5.74) is 1.14. The van der Waals surface area contributed by atoms with Crippen molar-refractivity contribution in [1.82, 2.24) is 9.78 Å². The molecule has 2 aromatic rings. The molecule has 0 unspecified atom stereocenters. The molecule has 0 aliphatic heterocycles. The molecule has 90 valence electrons. The highest BCUT2D eigenvalue weighted by Crippen LogP contribution is 2.20. The number of aryl methyl sites for hydroxylation is 1.